The van der Waals surface area contributed by atoms with Crippen LogP contribution in [-0.4, -0.2) is 37.6 Å². The Bertz CT molecular complexity index is 257. The van der Waals surface area contributed by atoms with Crippen LogP contribution in [-0.2, 0) is 0 Å². The van der Waals surface area contributed by atoms with Gasteiger partial charge >= 0.3 is 0 Å². The van der Waals surface area contributed by atoms with Crippen molar-refractivity contribution in [2.24, 2.45) is 17.3 Å². The van der Waals surface area contributed by atoms with Crippen molar-refractivity contribution in [3.8, 4) is 0 Å². The summed E-state index contributed by atoms with van der Waals surface area (Å²) in [6.45, 7) is 13.8. The molecule has 2 atom stereocenters. The Balaban J connectivity index is 1.67. The van der Waals surface area contributed by atoms with Crippen LogP contribution < -0.4 is 5.32 Å². The van der Waals surface area contributed by atoms with Crippen molar-refractivity contribution in [2.45, 2.75) is 65.7 Å². The van der Waals surface area contributed by atoms with Crippen LogP contribution in [0.2, 0.25) is 0 Å². The predicted molar refractivity (Wildman–Crippen MR) is 88.1 cm³/mol. The molecule has 0 saturated carbocycles. The first-order chi connectivity index (χ1) is 9.69. The van der Waals surface area contributed by atoms with Gasteiger partial charge in [0.2, 0.25) is 0 Å². The van der Waals surface area contributed by atoms with Crippen LogP contribution in [0.5, 0.6) is 0 Å². The van der Waals surface area contributed by atoms with Crippen molar-refractivity contribution in [1.29, 1.82) is 0 Å². The summed E-state index contributed by atoms with van der Waals surface area (Å²) in [5.74, 6) is 1.82. The van der Waals surface area contributed by atoms with Gasteiger partial charge in [-0.1, -0.05) is 33.6 Å². The fraction of sp³-hybridized carbons (Fsp3) is 1.00. The van der Waals surface area contributed by atoms with Crippen LogP contribution in [0.25, 0.3) is 0 Å². The van der Waals surface area contributed by atoms with E-state index in [0.29, 0.717) is 5.41 Å². The van der Waals surface area contributed by atoms with E-state index in [0.717, 1.165) is 11.8 Å². The van der Waals surface area contributed by atoms with Gasteiger partial charge in [0.15, 0.2) is 0 Å². The summed E-state index contributed by atoms with van der Waals surface area (Å²) in [5, 5.41) is 3.57. The maximum Gasteiger partial charge on any atom is -0.00134 e. The van der Waals surface area contributed by atoms with Gasteiger partial charge in [0.1, 0.15) is 0 Å². The molecule has 20 heavy (non-hydrogen) atoms. The molecule has 0 aliphatic carbocycles. The predicted octanol–water partition coefficient (Wildman–Crippen LogP) is 3.91. The molecule has 0 spiro atoms. The molecule has 118 valence electrons. The number of nitrogens with one attached hydrogen (secondary N) is 1. The minimum atomic E-state index is 0.676. The number of hydrogen-bond acceptors (Lipinski definition) is 2. The van der Waals surface area contributed by atoms with Crippen molar-refractivity contribution < 1.29 is 0 Å². The van der Waals surface area contributed by atoms with E-state index >= 15 is 0 Å². The summed E-state index contributed by atoms with van der Waals surface area (Å²) in [6, 6.07) is 0. The molecule has 1 N–H and O–H groups in total. The molecule has 2 rings (SSSR count). The number of rotatable bonds is 6. The van der Waals surface area contributed by atoms with Gasteiger partial charge in [0.05, 0.1) is 0 Å². The maximum absolute atomic E-state index is 3.57. The van der Waals surface area contributed by atoms with Gasteiger partial charge in [-0.3, -0.25) is 0 Å². The molecule has 2 aliphatic rings. The second-order valence-corrected chi connectivity index (χ2v) is 7.42. The van der Waals surface area contributed by atoms with Crippen LogP contribution in [0, 0.1) is 17.3 Å². The molecule has 0 radical (unpaired) electrons. The van der Waals surface area contributed by atoms with Crippen LogP contribution in [0.4, 0.5) is 0 Å². The first kappa shape index (κ1) is 16.3. The summed E-state index contributed by atoms with van der Waals surface area (Å²) in [6.07, 6.45) is 9.84. The van der Waals surface area contributed by atoms with Crippen LogP contribution in [0.1, 0.15) is 65.7 Å². The standard InChI is InChI=1S/C18H36N2/c1-4-18(5-2)9-13-20(14-10-18)12-8-16(3)17-7-6-11-19-15-17/h16-17,19H,4-15H2,1-3H3. The largest absolute Gasteiger partial charge is 0.316 e. The molecular formula is C18H36N2. The molecule has 2 fully saturated rings. The number of piperidine rings is 2. The molecule has 2 heteroatoms. The highest BCUT2D eigenvalue weighted by Gasteiger charge is 2.31. The SMILES string of the molecule is CCC1(CC)CCN(CCC(C)C2CCCNC2)CC1. The van der Waals surface area contributed by atoms with Gasteiger partial charge in [-0.2, -0.15) is 0 Å². The lowest BCUT2D eigenvalue weighted by Crippen LogP contribution is -2.41. The highest BCUT2D eigenvalue weighted by molar-refractivity contribution is 4.84. The molecule has 0 bridgehead atoms. The average molecular weight is 281 g/mol. The first-order valence-corrected chi connectivity index (χ1v) is 9.12. The van der Waals surface area contributed by atoms with Gasteiger partial charge in [-0.25, -0.2) is 0 Å². The van der Waals surface area contributed by atoms with Crippen molar-refractivity contribution in [3.05, 3.63) is 0 Å². The van der Waals surface area contributed by atoms with E-state index in [2.05, 4.69) is 31.0 Å². The second-order valence-electron chi connectivity index (χ2n) is 7.42. The monoisotopic (exact) mass is 280 g/mol. The smallest absolute Gasteiger partial charge is 0.00134 e. The Kier molecular flexibility index (Phi) is 6.35. The molecule has 2 aliphatic heterocycles. The molecule has 2 saturated heterocycles. The average Bonchev–Trinajstić information content (AvgIpc) is 2.54. The molecule has 0 amide bonds. The zero-order valence-electron chi connectivity index (χ0n) is 14.1. The molecular weight excluding hydrogens is 244 g/mol. The summed E-state index contributed by atoms with van der Waals surface area (Å²) < 4.78 is 0. The van der Waals surface area contributed by atoms with E-state index < -0.39 is 0 Å². The van der Waals surface area contributed by atoms with Crippen LogP contribution in [0.3, 0.4) is 0 Å². The fourth-order valence-corrected chi connectivity index (χ4v) is 4.19. The van der Waals surface area contributed by atoms with Crippen LogP contribution >= 0.6 is 0 Å². The number of nitrogens with zero attached hydrogens (tertiary/aromatic N) is 1. The summed E-state index contributed by atoms with van der Waals surface area (Å²) >= 11 is 0. The van der Waals surface area contributed by atoms with E-state index in [1.165, 1.54) is 77.7 Å². The summed E-state index contributed by atoms with van der Waals surface area (Å²) in [7, 11) is 0. The Hall–Kier alpha value is -0.0800. The third-order valence-corrected chi connectivity index (χ3v) is 6.46. The zero-order chi connectivity index (χ0) is 14.4. The Morgan fingerprint density at radius 1 is 1.20 bits per heavy atom. The summed E-state index contributed by atoms with van der Waals surface area (Å²) in [5.41, 5.74) is 0.676. The van der Waals surface area contributed by atoms with Gasteiger partial charge in [0.25, 0.3) is 0 Å². The number of hydrogen-bond donors (Lipinski definition) is 1. The van der Waals surface area contributed by atoms with Gasteiger partial charge in [0, 0.05) is 0 Å². The minimum absolute atomic E-state index is 0.676. The molecule has 0 aromatic carbocycles. The fourth-order valence-electron chi connectivity index (χ4n) is 4.19. The number of likely N-dealkylation sites (tertiary alicyclic amines) is 1. The van der Waals surface area contributed by atoms with Crippen molar-refractivity contribution in [3.63, 3.8) is 0 Å². The lowest BCUT2D eigenvalue weighted by Gasteiger charge is -2.41. The Labute approximate surface area is 126 Å². The topological polar surface area (TPSA) is 15.3 Å². The van der Waals surface area contributed by atoms with Crippen LogP contribution in [0.15, 0.2) is 0 Å². The van der Waals surface area contributed by atoms with E-state index in [1.54, 1.807) is 0 Å². The molecule has 0 aromatic heterocycles. The van der Waals surface area contributed by atoms with Gasteiger partial charge < -0.3 is 10.2 Å². The summed E-state index contributed by atoms with van der Waals surface area (Å²) in [4.78, 5) is 2.73. The normalized spacial score (nSPS) is 29.2. The second kappa shape index (κ2) is 7.79. The molecule has 2 nitrogen and oxygen atoms in total. The zero-order valence-corrected chi connectivity index (χ0v) is 14.1. The van der Waals surface area contributed by atoms with Crippen molar-refractivity contribution in [1.82, 2.24) is 10.2 Å². The third kappa shape index (κ3) is 4.21. The van der Waals surface area contributed by atoms with Gasteiger partial charge in [-0.15, -0.1) is 0 Å². The van der Waals surface area contributed by atoms with E-state index in [1.807, 2.05) is 0 Å². The molecule has 2 unspecified atom stereocenters. The van der Waals surface area contributed by atoms with E-state index in [-0.39, 0.29) is 0 Å². The first-order valence-electron chi connectivity index (χ1n) is 9.12. The maximum atomic E-state index is 3.57. The highest BCUT2D eigenvalue weighted by atomic mass is 15.1. The quantitative estimate of drug-likeness (QED) is 0.793. The van der Waals surface area contributed by atoms with Gasteiger partial charge in [-0.05, 0) is 82.1 Å². The lowest BCUT2D eigenvalue weighted by molar-refractivity contribution is 0.0884. The third-order valence-electron chi connectivity index (χ3n) is 6.46. The van der Waals surface area contributed by atoms with E-state index in [9.17, 15) is 0 Å². The lowest BCUT2D eigenvalue weighted by atomic mass is 9.74. The van der Waals surface area contributed by atoms with Crippen molar-refractivity contribution >= 4 is 0 Å². The Morgan fingerprint density at radius 3 is 2.45 bits per heavy atom. The highest BCUT2D eigenvalue weighted by Crippen LogP contribution is 2.38. The molecule has 2 heterocycles. The Morgan fingerprint density at radius 2 is 1.90 bits per heavy atom. The minimum Gasteiger partial charge on any atom is -0.316 e. The van der Waals surface area contributed by atoms with E-state index in [4.69, 9.17) is 0 Å². The van der Waals surface area contributed by atoms with Crippen molar-refractivity contribution in [2.75, 3.05) is 32.7 Å². The molecule has 0 aromatic rings.